The van der Waals surface area contributed by atoms with Gasteiger partial charge in [0.1, 0.15) is 11.5 Å². The minimum Gasteiger partial charge on any atom is -0.330 e. The molecule has 6 rings (SSSR count). The van der Waals surface area contributed by atoms with Crippen molar-refractivity contribution in [1.29, 1.82) is 0 Å². The first-order valence-electron chi connectivity index (χ1n) is 15.8. The van der Waals surface area contributed by atoms with E-state index >= 15 is 0 Å². The first-order chi connectivity index (χ1) is 20.3. The van der Waals surface area contributed by atoms with Gasteiger partial charge in [0.2, 0.25) is 0 Å². The summed E-state index contributed by atoms with van der Waals surface area (Å²) in [6.07, 6.45) is 8.43. The Kier molecular flexibility index (Phi) is 10.2. The number of carbonyl (C=O) groups is 1. The summed E-state index contributed by atoms with van der Waals surface area (Å²) < 4.78 is 16.5. The van der Waals surface area contributed by atoms with Crippen molar-refractivity contribution in [3.05, 3.63) is 88.5 Å². The first kappa shape index (κ1) is 31.4. The molecule has 5 nitrogen and oxygen atoms in total. The van der Waals surface area contributed by atoms with Gasteiger partial charge in [-0.15, -0.1) is 0 Å². The number of hydrogen-bond donors (Lipinski definition) is 0. The lowest BCUT2D eigenvalue weighted by Gasteiger charge is -2.35. The summed E-state index contributed by atoms with van der Waals surface area (Å²) in [5, 5.41) is 4.73. The number of benzene rings is 2. The van der Waals surface area contributed by atoms with Crippen LogP contribution >= 0.6 is 0 Å². The van der Waals surface area contributed by atoms with Crippen molar-refractivity contribution in [3.8, 4) is 11.3 Å². The lowest BCUT2D eigenvalue weighted by atomic mass is 9.93. The van der Waals surface area contributed by atoms with Gasteiger partial charge in [0.05, 0.1) is 17.4 Å². The van der Waals surface area contributed by atoms with Gasteiger partial charge in [-0.2, -0.15) is 5.10 Å². The third kappa shape index (κ3) is 6.58. The van der Waals surface area contributed by atoms with Gasteiger partial charge in [-0.3, -0.25) is 4.79 Å². The molecule has 6 heteroatoms. The number of amides is 1. The molecule has 4 aromatic rings. The molecule has 0 radical (unpaired) electrons. The van der Waals surface area contributed by atoms with Gasteiger partial charge in [0, 0.05) is 23.6 Å². The molecule has 3 heterocycles. The molecule has 1 aliphatic heterocycles. The molecule has 42 heavy (non-hydrogen) atoms. The highest BCUT2D eigenvalue weighted by molar-refractivity contribution is 5.93. The number of unbranched alkanes of at least 4 members (excludes halogenated alkanes) is 3. The van der Waals surface area contributed by atoms with Crippen molar-refractivity contribution in [2.24, 2.45) is 0 Å². The minimum atomic E-state index is -0.306. The van der Waals surface area contributed by atoms with Gasteiger partial charge in [-0.05, 0) is 68.0 Å². The van der Waals surface area contributed by atoms with Gasteiger partial charge in [0.15, 0.2) is 5.65 Å². The second-order valence-electron chi connectivity index (χ2n) is 11.7. The fraction of sp³-hybridized carbons (Fsp3) is 0.472. The maximum Gasteiger partial charge on any atom is 0.273 e. The second-order valence-corrected chi connectivity index (χ2v) is 11.7. The van der Waals surface area contributed by atoms with Crippen LogP contribution in [0.1, 0.15) is 119 Å². The van der Waals surface area contributed by atoms with Crippen molar-refractivity contribution >= 4 is 11.6 Å². The molecular formula is C36H47FN4O. The van der Waals surface area contributed by atoms with E-state index in [0.717, 1.165) is 30.5 Å². The molecule has 2 aromatic carbocycles. The largest absolute Gasteiger partial charge is 0.330 e. The summed E-state index contributed by atoms with van der Waals surface area (Å²) in [5.41, 5.74) is 6.24. The summed E-state index contributed by atoms with van der Waals surface area (Å²) in [6.45, 7) is 15.3. The predicted molar refractivity (Wildman–Crippen MR) is 170 cm³/mol. The Balaban J connectivity index is 0.000000453. The van der Waals surface area contributed by atoms with E-state index in [1.165, 1.54) is 42.9 Å². The first-order valence-corrected chi connectivity index (χ1v) is 15.8. The zero-order valence-electron chi connectivity index (χ0n) is 26.5. The van der Waals surface area contributed by atoms with Crippen LogP contribution in [-0.4, -0.2) is 31.9 Å². The molecule has 1 aliphatic carbocycles. The molecule has 1 atom stereocenters. The van der Waals surface area contributed by atoms with Gasteiger partial charge in [0.25, 0.3) is 5.91 Å². The van der Waals surface area contributed by atoms with Crippen molar-refractivity contribution in [1.82, 2.24) is 19.5 Å². The normalized spacial score (nSPS) is 16.6. The highest BCUT2D eigenvalue weighted by Gasteiger charge is 2.42. The second kappa shape index (κ2) is 13.6. The van der Waals surface area contributed by atoms with Crippen molar-refractivity contribution < 1.29 is 9.18 Å². The van der Waals surface area contributed by atoms with Crippen LogP contribution in [0.2, 0.25) is 0 Å². The van der Waals surface area contributed by atoms with Crippen LogP contribution in [0.3, 0.4) is 0 Å². The number of carbonyl (C=O) groups excluding carboxylic acids is 1. The Morgan fingerprint density at radius 1 is 1.02 bits per heavy atom. The van der Waals surface area contributed by atoms with Crippen LogP contribution in [-0.2, 0) is 11.8 Å². The standard InChI is InChI=1S/C28H27FN4O.C6H14.C2H6/c1-17-8-9-21(22(29)14-17)23-16-26-30-24(15-25(33(26)31-23)28(3)11-12-28)27(34)32-13-10-19-6-4-5-7-20(19)18(32)2;1-3-5-6-4-2;1-2/h4-9,14-16,18H,10-13H2,1-3H3;3-6H2,1-2H3;1-2H3. The van der Waals surface area contributed by atoms with E-state index < -0.39 is 0 Å². The number of aromatic nitrogens is 3. The van der Waals surface area contributed by atoms with E-state index in [9.17, 15) is 9.18 Å². The minimum absolute atomic E-state index is 0.0161. The third-order valence-corrected chi connectivity index (χ3v) is 8.48. The number of hydrogen-bond acceptors (Lipinski definition) is 3. The van der Waals surface area contributed by atoms with Gasteiger partial charge >= 0.3 is 0 Å². The molecule has 0 N–H and O–H groups in total. The topological polar surface area (TPSA) is 50.5 Å². The Bertz CT molecular complexity index is 1520. The molecule has 1 saturated carbocycles. The average molecular weight is 571 g/mol. The van der Waals surface area contributed by atoms with Crippen LogP contribution in [0, 0.1) is 12.7 Å². The Hall–Kier alpha value is -3.54. The van der Waals surface area contributed by atoms with Gasteiger partial charge in [-0.1, -0.05) is 90.6 Å². The Labute approximate surface area is 251 Å². The van der Waals surface area contributed by atoms with Crippen LogP contribution in [0.15, 0.2) is 54.6 Å². The number of fused-ring (bicyclic) bond motifs is 2. The average Bonchev–Trinajstić information content (AvgIpc) is 3.61. The van der Waals surface area contributed by atoms with E-state index in [4.69, 9.17) is 10.1 Å². The van der Waals surface area contributed by atoms with Crippen LogP contribution in [0.5, 0.6) is 0 Å². The Morgan fingerprint density at radius 3 is 2.36 bits per heavy atom. The van der Waals surface area contributed by atoms with E-state index in [2.05, 4.69) is 45.9 Å². The fourth-order valence-corrected chi connectivity index (χ4v) is 5.61. The maximum absolute atomic E-state index is 14.7. The molecular weight excluding hydrogens is 523 g/mol. The van der Waals surface area contributed by atoms with Crippen molar-refractivity contribution in [2.75, 3.05) is 6.54 Å². The van der Waals surface area contributed by atoms with E-state index in [1.807, 2.05) is 43.9 Å². The predicted octanol–water partition coefficient (Wildman–Crippen LogP) is 9.27. The zero-order valence-corrected chi connectivity index (χ0v) is 26.5. The third-order valence-electron chi connectivity index (χ3n) is 8.48. The van der Waals surface area contributed by atoms with Crippen molar-refractivity contribution in [3.63, 3.8) is 0 Å². The SMILES string of the molecule is CC.CCCCCC.Cc1ccc(-c2cc3nc(C(=O)N4CCc5ccccc5C4C)cc(C4(C)CC4)n3n2)c(F)c1. The van der Waals surface area contributed by atoms with Crippen LogP contribution in [0.4, 0.5) is 4.39 Å². The quantitative estimate of drug-likeness (QED) is 0.217. The monoisotopic (exact) mass is 570 g/mol. The fourth-order valence-electron chi connectivity index (χ4n) is 5.61. The lowest BCUT2D eigenvalue weighted by Crippen LogP contribution is -2.39. The van der Waals surface area contributed by atoms with E-state index in [0.29, 0.717) is 29.1 Å². The van der Waals surface area contributed by atoms with Gasteiger partial charge in [-0.25, -0.2) is 13.9 Å². The van der Waals surface area contributed by atoms with Crippen LogP contribution < -0.4 is 0 Å². The molecule has 1 unspecified atom stereocenters. The van der Waals surface area contributed by atoms with Crippen LogP contribution in [0.25, 0.3) is 16.9 Å². The highest BCUT2D eigenvalue weighted by Crippen LogP contribution is 2.48. The number of halogens is 1. The molecule has 224 valence electrons. The molecule has 1 fully saturated rings. The molecule has 0 spiro atoms. The summed E-state index contributed by atoms with van der Waals surface area (Å²) in [5.74, 6) is -0.376. The summed E-state index contributed by atoms with van der Waals surface area (Å²) in [4.78, 5) is 20.3. The highest BCUT2D eigenvalue weighted by atomic mass is 19.1. The molecule has 0 saturated heterocycles. The maximum atomic E-state index is 14.7. The van der Waals surface area contributed by atoms with Crippen molar-refractivity contribution in [2.45, 2.75) is 105 Å². The van der Waals surface area contributed by atoms with E-state index in [-0.39, 0.29) is 23.2 Å². The molecule has 1 amide bonds. The molecule has 0 bridgehead atoms. The van der Waals surface area contributed by atoms with Gasteiger partial charge < -0.3 is 4.90 Å². The van der Waals surface area contributed by atoms with E-state index in [1.54, 1.807) is 16.6 Å². The number of rotatable bonds is 6. The lowest BCUT2D eigenvalue weighted by molar-refractivity contribution is 0.0671. The summed E-state index contributed by atoms with van der Waals surface area (Å²) >= 11 is 0. The molecule has 2 aromatic heterocycles. The number of aryl methyl sites for hydroxylation is 1. The summed E-state index contributed by atoms with van der Waals surface area (Å²) in [6, 6.07) is 17.1. The zero-order chi connectivity index (χ0) is 30.4. The molecule has 2 aliphatic rings. The Morgan fingerprint density at radius 2 is 1.71 bits per heavy atom. The number of nitrogens with zero attached hydrogens (tertiary/aromatic N) is 4. The smallest absolute Gasteiger partial charge is 0.273 e. The summed E-state index contributed by atoms with van der Waals surface area (Å²) in [7, 11) is 0.